The van der Waals surface area contributed by atoms with E-state index in [-0.39, 0.29) is 74.2 Å². The van der Waals surface area contributed by atoms with Crippen LogP contribution in [0.4, 0.5) is 9.59 Å². The third kappa shape index (κ3) is 61.2. The molecule has 0 aromatic rings. The highest BCUT2D eigenvalue weighted by molar-refractivity contribution is 7.80. The standard InChI is InChI=1S/2C31H58N12O10.5H2O4S/c2*32-7-1-4-15(33)10-20(46)37-8-2-5-16(34)11-21(47)38-9-3-6-17(35)12-22(48)40-25-26(49)27(53-30(36)51)19(14-44)52-29(25)43-31-41-23-18(45)13-39-28(50)24(23)42-31;5*1-5(2,3)4/h2*13,15-19,23-27,29,31,41-45,49H,1-12,14,32-35H2,(H2,36,51)(H,37,46)(H,38,47)(H,40,48);5*(H2,1,2,3,4)/t2*15?,16?,17?,18-,19-,23+,24-,25-,26+,27+,29-,31-;;;;;/m11...../s1. The molecule has 4 fully saturated rings. The van der Waals surface area contributed by atoms with Gasteiger partial charge in [0.05, 0.1) is 37.4 Å². The maximum Gasteiger partial charge on any atom is 0.404 e. The first-order valence-electron chi connectivity index (χ1n) is 39.4. The maximum atomic E-state index is 13.1. The van der Waals surface area contributed by atoms with Gasteiger partial charge in [0.25, 0.3) is 11.8 Å². The number of amides is 10. The third-order valence-electron chi connectivity index (χ3n) is 18.3. The number of carbonyl (C=O) groups excluding carboxylic acids is 10. The van der Waals surface area contributed by atoms with Crippen molar-refractivity contribution >= 4 is 124 Å². The second-order valence-electron chi connectivity index (χ2n) is 29.5. The number of primary amides is 2. The first-order chi connectivity index (χ1) is 60.4. The van der Waals surface area contributed by atoms with Gasteiger partial charge in [0, 0.05) is 113 Å². The van der Waals surface area contributed by atoms with Crippen molar-refractivity contribution in [3.8, 4) is 0 Å². The molecule has 0 bridgehead atoms. The zero-order valence-electron chi connectivity index (χ0n) is 70.1. The Hall–Kier alpha value is -7.49. The third-order valence-corrected chi connectivity index (χ3v) is 18.3. The fourth-order valence-electron chi connectivity index (χ4n) is 12.8. The number of hydrogen-bond acceptors (Lipinski definition) is 44. The van der Waals surface area contributed by atoms with Crippen LogP contribution in [0, 0.1) is 0 Å². The molecule has 24 atom stereocenters. The quantitative estimate of drug-likeness (QED) is 0.0199. The smallest absolute Gasteiger partial charge is 0.404 e. The lowest BCUT2D eigenvalue weighted by molar-refractivity contribution is -0.204. The van der Waals surface area contributed by atoms with Crippen LogP contribution in [-0.2, 0) is 109 Å². The van der Waals surface area contributed by atoms with Crippen LogP contribution in [0.2, 0.25) is 0 Å². The number of hydrogen-bond donors (Lipinski definition) is 38. The van der Waals surface area contributed by atoms with Gasteiger partial charge in [0.1, 0.15) is 73.7 Å². The first-order valence-corrected chi connectivity index (χ1v) is 46.4. The summed E-state index contributed by atoms with van der Waals surface area (Å²) in [6, 6.07) is -8.27. The number of aliphatic imine (C=N–C) groups is 2. The minimum absolute atomic E-state index is 0.100. The predicted molar refractivity (Wildman–Crippen MR) is 449 cm³/mol. The summed E-state index contributed by atoms with van der Waals surface area (Å²) in [5.74, 6) is -2.96. The van der Waals surface area contributed by atoms with E-state index in [4.69, 9.17) is 164 Å². The van der Waals surface area contributed by atoms with Gasteiger partial charge in [-0.25, -0.2) is 19.6 Å². The van der Waals surface area contributed by atoms with Crippen LogP contribution >= 0.6 is 0 Å². The number of aliphatic hydroxyl groups is 6. The molecule has 6 unspecified atom stereocenters. The largest absolute Gasteiger partial charge is 0.441 e. The highest BCUT2D eigenvalue weighted by Gasteiger charge is 2.53. The number of nitrogens with one attached hydrogen (secondary N) is 12. The molecule has 0 aromatic carbocycles. The number of ether oxygens (including phenoxy) is 4. The van der Waals surface area contributed by atoms with Gasteiger partial charge in [-0.3, -0.25) is 116 Å². The monoisotopic (exact) mass is 2010 g/mol. The van der Waals surface area contributed by atoms with Crippen molar-refractivity contribution in [2.75, 3.05) is 52.5 Å². The van der Waals surface area contributed by atoms with Crippen molar-refractivity contribution < 1.29 is 185 Å². The molecule has 6 aliphatic rings. The molecule has 4 saturated heterocycles. The molecule has 6 aliphatic heterocycles. The molecule has 0 radical (unpaired) electrons. The summed E-state index contributed by atoms with van der Waals surface area (Å²) >= 11 is 0. The van der Waals surface area contributed by atoms with Crippen LogP contribution < -0.4 is 121 Å². The van der Waals surface area contributed by atoms with Crippen molar-refractivity contribution in [2.45, 2.75) is 262 Å². The Kier molecular flexibility index (Phi) is 58.7. The van der Waals surface area contributed by atoms with Crippen molar-refractivity contribution in [3.63, 3.8) is 0 Å². The number of aliphatic hydroxyl groups excluding tert-OH is 6. The van der Waals surface area contributed by atoms with E-state index in [1.807, 2.05) is 0 Å². The van der Waals surface area contributed by atoms with Crippen LogP contribution in [0.15, 0.2) is 9.98 Å². The summed E-state index contributed by atoms with van der Waals surface area (Å²) in [6.07, 6.45) is -8.11. The fraction of sp³-hybridized carbons (Fsp3) is 0.806. The van der Waals surface area contributed by atoms with Crippen LogP contribution in [0.3, 0.4) is 0 Å². The molecule has 131 heavy (non-hydrogen) atoms. The van der Waals surface area contributed by atoms with E-state index in [0.717, 1.165) is 25.3 Å². The predicted octanol–water partition coefficient (Wildman–Crippen LogP) is -16.3. The van der Waals surface area contributed by atoms with Gasteiger partial charge in [-0.05, 0) is 90.1 Å². The van der Waals surface area contributed by atoms with Gasteiger partial charge in [-0.15, -0.1) is 0 Å². The van der Waals surface area contributed by atoms with E-state index >= 15 is 0 Å². The Labute approximate surface area is 751 Å². The lowest BCUT2D eigenvalue weighted by Crippen LogP contribution is -2.71. The molecule has 0 aromatic heterocycles. The summed E-state index contributed by atoms with van der Waals surface area (Å²) in [5.41, 5.74) is 57.6. The van der Waals surface area contributed by atoms with E-state index < -0.39 is 235 Å². The summed E-state index contributed by atoms with van der Waals surface area (Å²) in [5, 5.41) is 96.8. The minimum Gasteiger partial charge on any atom is -0.441 e. The summed E-state index contributed by atoms with van der Waals surface area (Å²) in [7, 11) is -23.3. The number of carbonyl (C=O) groups is 10. The molecule has 0 spiro atoms. The Balaban J connectivity index is 0.00000204. The van der Waals surface area contributed by atoms with Crippen LogP contribution in [0.1, 0.15) is 116 Å². The fourth-order valence-corrected chi connectivity index (χ4v) is 12.8. The number of nitrogens with two attached hydrogens (primary N) is 10. The molecule has 0 saturated carbocycles. The molecule has 48 N–H and O–H groups in total. The van der Waals surface area contributed by atoms with Crippen molar-refractivity contribution in [2.24, 2.45) is 67.3 Å². The zero-order chi connectivity index (χ0) is 101. The normalized spacial score (nSPS) is 26.3. The first kappa shape index (κ1) is 124. The average Bonchev–Trinajstić information content (AvgIpc) is 1.65. The highest BCUT2D eigenvalue weighted by Crippen LogP contribution is 2.27. The van der Waals surface area contributed by atoms with Gasteiger partial charge >= 0.3 is 64.2 Å². The SMILES string of the molecule is NCCCC(N)CC(=O)NCCCC(N)CC(=O)NCCCC(N)CC(=O)N[C@@H]1[C@H](O)[C@@H](OC(N)=O)[C@@H](CO)O[C@H]1N[C@@H]1N[C@H]2[C@H](O)C=NC(=O)[C@@H]2N1.NCCCC(N)CC(=O)NCCCC(N)CC(=O)NCCCC(N)CC(=O)N[C@@H]1[C@H](O)[C@@H](OC(N)=O)[C@@H](CO)O[C@H]1N[C@@H]1N[C@H]2[C@H](O)C=NC(=O)[C@@H]2N1.O=S(=O)(O)O.O=S(=O)(O)O.O=S(=O)(O)O.O=S(=O)(O)O.O=S(=O)(O)O. The summed E-state index contributed by atoms with van der Waals surface area (Å²) < 4.78 is 180. The summed E-state index contributed by atoms with van der Waals surface area (Å²) in [4.78, 5) is 130. The Morgan fingerprint density at radius 1 is 0.397 bits per heavy atom. The van der Waals surface area contributed by atoms with Crippen molar-refractivity contribution in [1.82, 2.24) is 63.8 Å². The molecule has 6 rings (SSSR count). The Bertz CT molecular complexity index is 3790. The number of fused-ring (bicyclic) bond motifs is 2. The van der Waals surface area contributed by atoms with Gasteiger partial charge in [0.15, 0.2) is 12.2 Å². The molecule has 69 heteroatoms. The van der Waals surface area contributed by atoms with E-state index in [1.165, 1.54) is 0 Å². The lowest BCUT2D eigenvalue weighted by Gasteiger charge is -2.44. The van der Waals surface area contributed by atoms with Crippen LogP contribution in [-0.4, -0.2) is 389 Å². The molecule has 764 valence electrons. The van der Waals surface area contributed by atoms with E-state index in [9.17, 15) is 78.6 Å². The lowest BCUT2D eigenvalue weighted by atomic mass is 9.95. The Morgan fingerprint density at radius 2 is 0.626 bits per heavy atom. The second kappa shape index (κ2) is 62.2. The molecular formula is C62H126N24O40S5. The highest BCUT2D eigenvalue weighted by atomic mass is 32.3. The molecule has 10 amide bonds. The molecular weight excluding hydrogens is 1880 g/mol. The molecule has 64 nitrogen and oxygen atoms in total. The zero-order valence-corrected chi connectivity index (χ0v) is 74.1. The van der Waals surface area contributed by atoms with Gasteiger partial charge in [-0.1, -0.05) is 0 Å². The number of rotatable bonds is 44. The summed E-state index contributed by atoms with van der Waals surface area (Å²) in [6.45, 7) is 1.13. The Morgan fingerprint density at radius 3 is 0.840 bits per heavy atom. The second-order valence-corrected chi connectivity index (χ2v) is 33.9. The van der Waals surface area contributed by atoms with Crippen LogP contribution in [0.5, 0.6) is 0 Å². The van der Waals surface area contributed by atoms with Crippen molar-refractivity contribution in [1.29, 1.82) is 0 Å². The van der Waals surface area contributed by atoms with E-state index in [1.54, 1.807) is 0 Å². The van der Waals surface area contributed by atoms with E-state index in [2.05, 4.69) is 73.8 Å². The van der Waals surface area contributed by atoms with Gasteiger partial charge in [0.2, 0.25) is 35.4 Å². The topological polar surface area (TPSA) is 1130 Å². The number of nitrogens with zero attached hydrogens (tertiary/aromatic N) is 2. The van der Waals surface area contributed by atoms with Crippen molar-refractivity contribution in [3.05, 3.63) is 0 Å². The molecule has 0 aliphatic carbocycles. The van der Waals surface area contributed by atoms with Gasteiger partial charge < -0.3 is 139 Å². The molecule has 6 heterocycles. The average molecular weight is 2010 g/mol. The maximum absolute atomic E-state index is 13.1. The van der Waals surface area contributed by atoms with Crippen LogP contribution in [0.25, 0.3) is 0 Å². The van der Waals surface area contributed by atoms with E-state index in [0.29, 0.717) is 103 Å². The van der Waals surface area contributed by atoms with Gasteiger partial charge in [-0.2, -0.15) is 42.1 Å². The minimum atomic E-state index is -4.67.